The molecule has 2 aliphatic rings. The zero-order chi connectivity index (χ0) is 8.28. The summed E-state index contributed by atoms with van der Waals surface area (Å²) in [4.78, 5) is 11.0. The summed E-state index contributed by atoms with van der Waals surface area (Å²) in [7, 11) is 0. The van der Waals surface area contributed by atoms with Crippen molar-refractivity contribution in [3.63, 3.8) is 0 Å². The van der Waals surface area contributed by atoms with E-state index in [4.69, 9.17) is 9.47 Å². The van der Waals surface area contributed by atoms with E-state index in [1.807, 2.05) is 20.8 Å². The number of carbonyl (C=O) groups excluding carboxylic acids is 1. The van der Waals surface area contributed by atoms with Gasteiger partial charge in [-0.05, 0) is 20.8 Å². The summed E-state index contributed by atoms with van der Waals surface area (Å²) in [5.41, 5.74) is -0.650. The Kier molecular flexibility index (Phi) is 1.04. The number of ether oxygens (including phenoxy) is 2. The second-order valence-electron chi connectivity index (χ2n) is 4.06. The standard InChI is InChI=1S/C8H12O3/c1-7(2)6-8(3,11-6)4-5(9)10-7/h6H,4H2,1-3H3/t6-,8-/m1/s1. The van der Waals surface area contributed by atoms with Gasteiger partial charge in [0.25, 0.3) is 0 Å². The van der Waals surface area contributed by atoms with Crippen LogP contribution in [0.1, 0.15) is 27.2 Å². The highest BCUT2D eigenvalue weighted by Gasteiger charge is 2.65. The van der Waals surface area contributed by atoms with Crippen molar-refractivity contribution >= 4 is 5.97 Å². The molecule has 2 rings (SSSR count). The summed E-state index contributed by atoms with van der Waals surface area (Å²) < 4.78 is 10.5. The molecule has 3 nitrogen and oxygen atoms in total. The minimum Gasteiger partial charge on any atom is -0.457 e. The zero-order valence-corrected chi connectivity index (χ0v) is 7.01. The van der Waals surface area contributed by atoms with Crippen molar-refractivity contribution in [2.45, 2.75) is 44.5 Å². The third kappa shape index (κ3) is 0.872. The molecule has 2 atom stereocenters. The van der Waals surface area contributed by atoms with Gasteiger partial charge in [0.15, 0.2) is 0 Å². The number of cyclic esters (lactones) is 1. The predicted molar refractivity (Wildman–Crippen MR) is 38.1 cm³/mol. The zero-order valence-electron chi connectivity index (χ0n) is 7.01. The first-order valence-electron chi connectivity index (χ1n) is 3.84. The fourth-order valence-electron chi connectivity index (χ4n) is 1.92. The molecule has 0 aromatic rings. The van der Waals surface area contributed by atoms with Gasteiger partial charge in [0.05, 0.1) is 6.42 Å². The summed E-state index contributed by atoms with van der Waals surface area (Å²) in [6.07, 6.45) is 0.508. The molecule has 62 valence electrons. The Morgan fingerprint density at radius 1 is 1.45 bits per heavy atom. The van der Waals surface area contributed by atoms with Crippen LogP contribution in [0.4, 0.5) is 0 Å². The van der Waals surface area contributed by atoms with Gasteiger partial charge < -0.3 is 9.47 Å². The van der Waals surface area contributed by atoms with Gasteiger partial charge in [-0.3, -0.25) is 4.79 Å². The van der Waals surface area contributed by atoms with E-state index in [2.05, 4.69) is 0 Å². The molecule has 0 amide bonds. The van der Waals surface area contributed by atoms with Crippen LogP contribution in [0.25, 0.3) is 0 Å². The average molecular weight is 156 g/mol. The number of rotatable bonds is 0. The molecular weight excluding hydrogens is 144 g/mol. The Bertz CT molecular complexity index is 221. The maximum atomic E-state index is 11.0. The molecule has 0 unspecified atom stereocenters. The van der Waals surface area contributed by atoms with E-state index in [-0.39, 0.29) is 17.7 Å². The minimum atomic E-state index is -0.427. The molecule has 0 radical (unpaired) electrons. The molecule has 0 aromatic heterocycles. The predicted octanol–water partition coefficient (Wildman–Crippen LogP) is 0.869. The Balaban J connectivity index is 2.24. The maximum absolute atomic E-state index is 11.0. The molecule has 0 bridgehead atoms. The molecule has 2 saturated heterocycles. The number of carbonyl (C=O) groups is 1. The summed E-state index contributed by atoms with van der Waals surface area (Å²) in [6, 6.07) is 0. The highest BCUT2D eigenvalue weighted by molar-refractivity contribution is 5.73. The lowest BCUT2D eigenvalue weighted by Crippen LogP contribution is -2.43. The molecule has 0 spiro atoms. The van der Waals surface area contributed by atoms with E-state index in [1.165, 1.54) is 0 Å². The number of fused-ring (bicyclic) bond motifs is 1. The SMILES string of the molecule is CC1(C)OC(=O)C[C@@]2(C)O[C@H]12. The first kappa shape index (κ1) is 7.10. The quantitative estimate of drug-likeness (QED) is 0.386. The van der Waals surface area contributed by atoms with Crippen molar-refractivity contribution in [1.29, 1.82) is 0 Å². The molecular formula is C8H12O3. The lowest BCUT2D eigenvalue weighted by atomic mass is 9.90. The van der Waals surface area contributed by atoms with Crippen LogP contribution in [0, 0.1) is 0 Å². The van der Waals surface area contributed by atoms with Gasteiger partial charge in [0.1, 0.15) is 17.3 Å². The van der Waals surface area contributed by atoms with Crippen molar-refractivity contribution in [2.24, 2.45) is 0 Å². The van der Waals surface area contributed by atoms with Crippen LogP contribution in [0.5, 0.6) is 0 Å². The van der Waals surface area contributed by atoms with Crippen LogP contribution in [-0.4, -0.2) is 23.3 Å². The molecule has 2 aliphatic heterocycles. The van der Waals surface area contributed by atoms with Crippen LogP contribution < -0.4 is 0 Å². The van der Waals surface area contributed by atoms with Gasteiger partial charge in [-0.1, -0.05) is 0 Å². The summed E-state index contributed by atoms with van der Waals surface area (Å²) in [5.74, 6) is -0.147. The van der Waals surface area contributed by atoms with Crippen LogP contribution >= 0.6 is 0 Å². The summed E-state index contributed by atoms with van der Waals surface area (Å²) in [6.45, 7) is 5.74. The highest BCUT2D eigenvalue weighted by atomic mass is 16.7. The number of esters is 1. The van der Waals surface area contributed by atoms with Crippen LogP contribution in [0.2, 0.25) is 0 Å². The third-order valence-corrected chi connectivity index (χ3v) is 2.39. The van der Waals surface area contributed by atoms with Gasteiger partial charge in [-0.15, -0.1) is 0 Å². The number of hydrogen-bond acceptors (Lipinski definition) is 3. The van der Waals surface area contributed by atoms with E-state index < -0.39 is 5.60 Å². The second-order valence-corrected chi connectivity index (χ2v) is 4.06. The van der Waals surface area contributed by atoms with Gasteiger partial charge in [-0.2, -0.15) is 0 Å². The van der Waals surface area contributed by atoms with Gasteiger partial charge in [-0.25, -0.2) is 0 Å². The van der Waals surface area contributed by atoms with Crippen molar-refractivity contribution in [1.82, 2.24) is 0 Å². The molecule has 0 N–H and O–H groups in total. The third-order valence-electron chi connectivity index (χ3n) is 2.39. The summed E-state index contributed by atoms with van der Waals surface area (Å²) in [5, 5.41) is 0. The van der Waals surface area contributed by atoms with E-state index in [0.717, 1.165) is 0 Å². The number of epoxide rings is 1. The molecule has 0 saturated carbocycles. The monoisotopic (exact) mass is 156 g/mol. The Morgan fingerprint density at radius 3 is 2.64 bits per heavy atom. The molecule has 0 aromatic carbocycles. The normalized spacial score (nSPS) is 46.1. The first-order valence-corrected chi connectivity index (χ1v) is 3.84. The molecule has 11 heavy (non-hydrogen) atoms. The molecule has 3 heteroatoms. The van der Waals surface area contributed by atoms with Crippen molar-refractivity contribution in [3.05, 3.63) is 0 Å². The largest absolute Gasteiger partial charge is 0.457 e. The molecule has 2 fully saturated rings. The van der Waals surface area contributed by atoms with Crippen LogP contribution in [-0.2, 0) is 14.3 Å². The average Bonchev–Trinajstić information content (AvgIpc) is 2.37. The van der Waals surface area contributed by atoms with Crippen molar-refractivity contribution in [2.75, 3.05) is 0 Å². The van der Waals surface area contributed by atoms with Crippen molar-refractivity contribution < 1.29 is 14.3 Å². The minimum absolute atomic E-state index is 0.104. The van der Waals surface area contributed by atoms with Gasteiger partial charge in [0.2, 0.25) is 0 Å². The fraction of sp³-hybridized carbons (Fsp3) is 0.875. The first-order chi connectivity index (χ1) is 4.94. The Labute approximate surface area is 65.7 Å². The highest BCUT2D eigenvalue weighted by Crippen LogP contribution is 2.50. The smallest absolute Gasteiger partial charge is 0.309 e. The Hall–Kier alpha value is -0.570. The van der Waals surface area contributed by atoms with E-state index in [9.17, 15) is 4.79 Å². The molecule has 0 aliphatic carbocycles. The maximum Gasteiger partial charge on any atom is 0.309 e. The fourth-order valence-corrected chi connectivity index (χ4v) is 1.92. The molecule has 2 heterocycles. The van der Waals surface area contributed by atoms with Gasteiger partial charge in [0, 0.05) is 0 Å². The van der Waals surface area contributed by atoms with Gasteiger partial charge >= 0.3 is 5.97 Å². The number of hydrogen-bond donors (Lipinski definition) is 0. The lowest BCUT2D eigenvalue weighted by molar-refractivity contribution is -0.161. The lowest BCUT2D eigenvalue weighted by Gasteiger charge is -2.28. The van der Waals surface area contributed by atoms with E-state index >= 15 is 0 Å². The second kappa shape index (κ2) is 1.61. The van der Waals surface area contributed by atoms with Crippen LogP contribution in [0.3, 0.4) is 0 Å². The van der Waals surface area contributed by atoms with Crippen LogP contribution in [0.15, 0.2) is 0 Å². The topological polar surface area (TPSA) is 38.8 Å². The summed E-state index contributed by atoms with van der Waals surface area (Å²) >= 11 is 0. The van der Waals surface area contributed by atoms with Crippen molar-refractivity contribution in [3.8, 4) is 0 Å². The Morgan fingerprint density at radius 2 is 2.09 bits per heavy atom. The van der Waals surface area contributed by atoms with E-state index in [1.54, 1.807) is 0 Å². The van der Waals surface area contributed by atoms with E-state index in [0.29, 0.717) is 6.42 Å².